The van der Waals surface area contributed by atoms with Gasteiger partial charge in [-0.05, 0) is 92.7 Å². The Bertz CT molecular complexity index is 712. The molecule has 1 aromatic rings. The zero-order chi connectivity index (χ0) is 19.1. The van der Waals surface area contributed by atoms with Crippen molar-refractivity contribution in [3.63, 3.8) is 0 Å². The number of nitrogens with zero attached hydrogens (tertiary/aromatic N) is 1. The number of halogens is 1. The molecule has 3 rings (SSSR count). The number of hydrogen-bond acceptors (Lipinski definition) is 4. The number of hydrogen-bond donors (Lipinski definition) is 0. The largest absolute Gasteiger partial charge is 0.466 e. The van der Waals surface area contributed by atoms with Crippen LogP contribution in [-0.2, 0) is 14.3 Å². The molecule has 0 unspecified atom stereocenters. The molecule has 5 nitrogen and oxygen atoms in total. The number of rotatable bonds is 2. The Morgan fingerprint density at radius 3 is 2.65 bits per heavy atom. The maximum absolute atomic E-state index is 12.9. The molecule has 1 aromatic carbocycles. The van der Waals surface area contributed by atoms with Gasteiger partial charge in [0.25, 0.3) is 0 Å². The van der Waals surface area contributed by atoms with Gasteiger partial charge in [-0.2, -0.15) is 0 Å². The molecule has 0 bridgehead atoms. The second-order valence-electron chi connectivity index (χ2n) is 8.00. The van der Waals surface area contributed by atoms with Crippen LogP contribution in [-0.4, -0.2) is 30.8 Å². The van der Waals surface area contributed by atoms with Crippen LogP contribution < -0.4 is 4.90 Å². The summed E-state index contributed by atoms with van der Waals surface area (Å²) >= 11 is 2.26. The number of ether oxygens (including phenoxy) is 2. The summed E-state index contributed by atoms with van der Waals surface area (Å²) in [6.45, 7) is 8.31. The minimum Gasteiger partial charge on any atom is -0.466 e. The van der Waals surface area contributed by atoms with Crippen LogP contribution in [0.15, 0.2) is 18.2 Å². The van der Waals surface area contributed by atoms with Crippen LogP contribution in [0.3, 0.4) is 0 Å². The van der Waals surface area contributed by atoms with Crippen molar-refractivity contribution in [3.8, 4) is 0 Å². The molecule has 1 saturated carbocycles. The van der Waals surface area contributed by atoms with E-state index in [4.69, 9.17) is 9.47 Å². The summed E-state index contributed by atoms with van der Waals surface area (Å²) in [6.07, 6.45) is 1.40. The third-order valence-electron chi connectivity index (χ3n) is 5.10. The molecule has 0 N–H and O–H groups in total. The first-order chi connectivity index (χ1) is 12.2. The van der Waals surface area contributed by atoms with Gasteiger partial charge in [0.05, 0.1) is 18.2 Å². The Hall–Kier alpha value is -1.31. The summed E-state index contributed by atoms with van der Waals surface area (Å²) in [6, 6.07) is 6.19. The topological polar surface area (TPSA) is 55.8 Å². The van der Waals surface area contributed by atoms with E-state index >= 15 is 0 Å². The molecule has 1 aliphatic heterocycles. The average molecular weight is 471 g/mol. The van der Waals surface area contributed by atoms with Crippen molar-refractivity contribution in [1.29, 1.82) is 0 Å². The number of amides is 1. The number of anilines is 1. The van der Waals surface area contributed by atoms with Gasteiger partial charge in [-0.3, -0.25) is 9.69 Å². The molecule has 0 saturated heterocycles. The lowest BCUT2D eigenvalue weighted by molar-refractivity contribution is -0.149. The highest BCUT2D eigenvalue weighted by Gasteiger charge is 2.47. The van der Waals surface area contributed by atoms with Crippen LogP contribution in [0, 0.1) is 15.4 Å². The van der Waals surface area contributed by atoms with E-state index in [-0.39, 0.29) is 29.8 Å². The fourth-order valence-corrected chi connectivity index (χ4v) is 4.59. The van der Waals surface area contributed by atoms with E-state index in [9.17, 15) is 9.59 Å². The molecular weight excluding hydrogens is 445 g/mol. The van der Waals surface area contributed by atoms with Crippen LogP contribution in [0.2, 0.25) is 0 Å². The molecule has 0 aromatic heterocycles. The maximum atomic E-state index is 12.9. The minimum atomic E-state index is -0.563. The van der Waals surface area contributed by atoms with Gasteiger partial charge in [0, 0.05) is 10.1 Å². The van der Waals surface area contributed by atoms with E-state index in [2.05, 4.69) is 34.7 Å². The Labute approximate surface area is 168 Å². The molecule has 1 amide bonds. The summed E-state index contributed by atoms with van der Waals surface area (Å²) in [7, 11) is 0. The number of carbonyl (C=O) groups excluding carboxylic acids is 2. The van der Waals surface area contributed by atoms with Gasteiger partial charge in [0.15, 0.2) is 0 Å². The molecule has 6 heteroatoms. The zero-order valence-electron chi connectivity index (χ0n) is 15.8. The molecule has 2 aliphatic rings. The minimum absolute atomic E-state index is 0.0779. The molecule has 3 atom stereocenters. The average Bonchev–Trinajstić information content (AvgIpc) is 2.96. The van der Waals surface area contributed by atoms with Gasteiger partial charge in [-0.1, -0.05) is 6.07 Å². The highest BCUT2D eigenvalue weighted by Crippen LogP contribution is 2.51. The maximum Gasteiger partial charge on any atom is 0.414 e. The lowest BCUT2D eigenvalue weighted by Crippen LogP contribution is -2.45. The van der Waals surface area contributed by atoms with Crippen LogP contribution in [0.25, 0.3) is 0 Å². The highest BCUT2D eigenvalue weighted by molar-refractivity contribution is 14.1. The number of benzene rings is 1. The highest BCUT2D eigenvalue weighted by atomic mass is 127. The molecule has 1 heterocycles. The Kier molecular flexibility index (Phi) is 5.51. The van der Waals surface area contributed by atoms with E-state index in [1.165, 1.54) is 0 Å². The quantitative estimate of drug-likeness (QED) is 0.463. The van der Waals surface area contributed by atoms with Crippen molar-refractivity contribution in [2.75, 3.05) is 18.1 Å². The first-order valence-corrected chi connectivity index (χ1v) is 10.3. The summed E-state index contributed by atoms with van der Waals surface area (Å²) in [4.78, 5) is 27.0. The molecular formula is C20H26INO4. The summed E-state index contributed by atoms with van der Waals surface area (Å²) in [5.41, 5.74) is 1.49. The lowest BCUT2D eigenvalue weighted by Gasteiger charge is -2.39. The number of esters is 1. The standard InChI is InChI=1S/C20H26INO4/c1-5-25-18(23)15-9-8-13-14-7-6-12(21)10-17(14)22(11-16(13)15)19(24)26-20(2,3)4/h6-7,10,13,15-16H,5,8-9,11H2,1-4H3/t13-,15+,16+/m0/s1. The second-order valence-corrected chi connectivity index (χ2v) is 9.25. The van der Waals surface area contributed by atoms with Crippen LogP contribution in [0.5, 0.6) is 0 Å². The van der Waals surface area contributed by atoms with E-state index in [1.807, 2.05) is 33.8 Å². The van der Waals surface area contributed by atoms with E-state index in [1.54, 1.807) is 4.90 Å². The van der Waals surface area contributed by atoms with Crippen molar-refractivity contribution in [1.82, 2.24) is 0 Å². The Balaban J connectivity index is 1.96. The summed E-state index contributed by atoms with van der Waals surface area (Å²) in [5.74, 6) is 0.0691. The monoisotopic (exact) mass is 471 g/mol. The zero-order valence-corrected chi connectivity index (χ0v) is 17.9. The van der Waals surface area contributed by atoms with E-state index in [0.29, 0.717) is 13.2 Å². The van der Waals surface area contributed by atoms with Gasteiger partial charge in [-0.25, -0.2) is 4.79 Å². The van der Waals surface area contributed by atoms with E-state index in [0.717, 1.165) is 27.7 Å². The first-order valence-electron chi connectivity index (χ1n) is 9.18. The molecule has 26 heavy (non-hydrogen) atoms. The van der Waals surface area contributed by atoms with Gasteiger partial charge in [0.2, 0.25) is 0 Å². The normalized spacial score (nSPS) is 24.7. The molecule has 1 fully saturated rings. The van der Waals surface area contributed by atoms with E-state index < -0.39 is 5.60 Å². The molecule has 0 spiro atoms. The predicted octanol–water partition coefficient (Wildman–Crippen LogP) is 4.72. The number of carbonyl (C=O) groups is 2. The van der Waals surface area contributed by atoms with Gasteiger partial charge < -0.3 is 9.47 Å². The fourth-order valence-electron chi connectivity index (χ4n) is 4.11. The second kappa shape index (κ2) is 7.37. The smallest absolute Gasteiger partial charge is 0.414 e. The third kappa shape index (κ3) is 3.85. The SMILES string of the molecule is CCOC(=O)[C@@H]1CC[C@H]2c3ccc(I)cc3N(C(=O)OC(C)(C)C)C[C@@H]12. The Morgan fingerprint density at radius 2 is 2.00 bits per heavy atom. The fraction of sp³-hybridized carbons (Fsp3) is 0.600. The van der Waals surface area contributed by atoms with Crippen LogP contribution in [0.1, 0.15) is 52.0 Å². The molecule has 142 valence electrons. The first kappa shape index (κ1) is 19.5. The molecule has 1 aliphatic carbocycles. The summed E-state index contributed by atoms with van der Waals surface area (Å²) in [5, 5.41) is 0. The third-order valence-corrected chi connectivity index (χ3v) is 5.77. The van der Waals surface area contributed by atoms with Crippen LogP contribution in [0.4, 0.5) is 10.5 Å². The number of fused-ring (bicyclic) bond motifs is 3. The van der Waals surface area contributed by atoms with Crippen molar-refractivity contribution >= 4 is 40.3 Å². The van der Waals surface area contributed by atoms with Crippen molar-refractivity contribution < 1.29 is 19.1 Å². The van der Waals surface area contributed by atoms with Gasteiger partial charge in [-0.15, -0.1) is 0 Å². The Morgan fingerprint density at radius 1 is 1.27 bits per heavy atom. The predicted molar refractivity (Wildman–Crippen MR) is 108 cm³/mol. The van der Waals surface area contributed by atoms with Crippen molar-refractivity contribution in [2.45, 2.75) is 52.1 Å². The van der Waals surface area contributed by atoms with Crippen molar-refractivity contribution in [2.24, 2.45) is 11.8 Å². The van der Waals surface area contributed by atoms with Crippen LogP contribution >= 0.6 is 22.6 Å². The van der Waals surface area contributed by atoms with Gasteiger partial charge in [0.1, 0.15) is 5.60 Å². The molecule has 0 radical (unpaired) electrons. The summed E-state index contributed by atoms with van der Waals surface area (Å²) < 4.78 is 12.0. The van der Waals surface area contributed by atoms with Gasteiger partial charge >= 0.3 is 12.1 Å². The lowest BCUT2D eigenvalue weighted by atomic mass is 9.80. The van der Waals surface area contributed by atoms with Crippen molar-refractivity contribution in [3.05, 3.63) is 27.3 Å².